The van der Waals surface area contributed by atoms with Gasteiger partial charge < -0.3 is 5.73 Å². The molecule has 0 saturated carbocycles. The summed E-state index contributed by atoms with van der Waals surface area (Å²) < 4.78 is 0. The van der Waals surface area contributed by atoms with Crippen LogP contribution in [0.1, 0.15) is 31.8 Å². The van der Waals surface area contributed by atoms with Crippen molar-refractivity contribution < 1.29 is 9.59 Å². The van der Waals surface area contributed by atoms with Gasteiger partial charge in [-0.2, -0.15) is 0 Å². The normalized spacial score (nSPS) is 14.4. The molecule has 0 saturated heterocycles. The number of benzene rings is 2. The number of hydrogen-bond acceptors (Lipinski definition) is 3. The fraction of sp³-hybridized carbons (Fsp3) is 0.0588. The van der Waals surface area contributed by atoms with Gasteiger partial charge in [-0.05, 0) is 30.7 Å². The lowest BCUT2D eigenvalue weighted by atomic mass is 9.83. The van der Waals surface area contributed by atoms with Crippen LogP contribution in [0.15, 0.2) is 48.2 Å². The van der Waals surface area contributed by atoms with Crippen molar-refractivity contribution in [2.24, 2.45) is 5.73 Å². The first-order chi connectivity index (χ1) is 9.99. The SMILES string of the molecule is Cc1ccc2c(c1)C(=O)C(N)=C(c1ccc(Cl)cc1)C2=O. The number of ketones is 2. The molecule has 21 heavy (non-hydrogen) atoms. The highest BCUT2D eigenvalue weighted by Crippen LogP contribution is 2.31. The molecular weight excluding hydrogens is 286 g/mol. The predicted molar refractivity (Wildman–Crippen MR) is 82.4 cm³/mol. The first kappa shape index (κ1) is 13.6. The van der Waals surface area contributed by atoms with Crippen LogP contribution < -0.4 is 5.73 Å². The zero-order chi connectivity index (χ0) is 15.1. The van der Waals surface area contributed by atoms with Crippen LogP contribution in [0.25, 0.3) is 5.57 Å². The Morgan fingerprint density at radius 3 is 2.24 bits per heavy atom. The number of carbonyl (C=O) groups is 2. The second-order valence-electron chi connectivity index (χ2n) is 5.00. The van der Waals surface area contributed by atoms with Crippen LogP contribution in [-0.4, -0.2) is 11.6 Å². The van der Waals surface area contributed by atoms with E-state index in [0.717, 1.165) is 5.56 Å². The van der Waals surface area contributed by atoms with Crippen molar-refractivity contribution in [3.8, 4) is 0 Å². The zero-order valence-electron chi connectivity index (χ0n) is 11.3. The third-order valence-corrected chi connectivity index (χ3v) is 3.79. The van der Waals surface area contributed by atoms with Gasteiger partial charge >= 0.3 is 0 Å². The van der Waals surface area contributed by atoms with Crippen molar-refractivity contribution in [1.82, 2.24) is 0 Å². The van der Waals surface area contributed by atoms with Crippen LogP contribution in [0.5, 0.6) is 0 Å². The van der Waals surface area contributed by atoms with Gasteiger partial charge in [0.25, 0.3) is 0 Å². The molecule has 2 N–H and O–H groups in total. The smallest absolute Gasteiger partial charge is 0.210 e. The van der Waals surface area contributed by atoms with E-state index >= 15 is 0 Å². The Bertz CT molecular complexity index is 804. The van der Waals surface area contributed by atoms with E-state index in [0.29, 0.717) is 21.7 Å². The largest absolute Gasteiger partial charge is 0.395 e. The molecule has 2 aromatic carbocycles. The minimum atomic E-state index is -0.307. The standard InChI is InChI=1S/C17H12ClNO2/c1-9-2-7-12-13(8-9)17(21)15(19)14(16(12)20)10-3-5-11(18)6-4-10/h2-8H,19H2,1H3. The molecule has 0 heterocycles. The molecule has 2 aromatic rings. The van der Waals surface area contributed by atoms with Crippen LogP contribution >= 0.6 is 11.6 Å². The third kappa shape index (κ3) is 2.16. The summed E-state index contributed by atoms with van der Waals surface area (Å²) in [4.78, 5) is 25.1. The summed E-state index contributed by atoms with van der Waals surface area (Å²) in [6, 6.07) is 11.9. The number of allylic oxidation sites excluding steroid dienone is 2. The Balaban J connectivity index is 2.21. The molecule has 1 aliphatic rings. The fourth-order valence-electron chi connectivity index (χ4n) is 2.46. The molecule has 0 bridgehead atoms. The van der Waals surface area contributed by atoms with Crippen molar-refractivity contribution >= 4 is 28.7 Å². The second kappa shape index (κ2) is 4.86. The van der Waals surface area contributed by atoms with E-state index in [-0.39, 0.29) is 22.8 Å². The minimum absolute atomic E-state index is 0.0135. The Hall–Kier alpha value is -2.39. The molecule has 0 radical (unpaired) electrons. The fourth-order valence-corrected chi connectivity index (χ4v) is 2.59. The lowest BCUT2D eigenvalue weighted by Crippen LogP contribution is -2.25. The summed E-state index contributed by atoms with van der Waals surface area (Å²) in [5, 5.41) is 0.559. The first-order valence-corrected chi connectivity index (χ1v) is 6.82. The average molecular weight is 298 g/mol. The van der Waals surface area contributed by atoms with E-state index in [1.54, 1.807) is 36.4 Å². The Kier molecular flexibility index (Phi) is 3.15. The number of halogens is 1. The molecule has 3 rings (SSSR count). The molecule has 0 atom stereocenters. The van der Waals surface area contributed by atoms with Crippen molar-refractivity contribution in [3.63, 3.8) is 0 Å². The van der Waals surface area contributed by atoms with E-state index in [1.165, 1.54) is 0 Å². The topological polar surface area (TPSA) is 60.2 Å². The molecule has 0 unspecified atom stereocenters. The van der Waals surface area contributed by atoms with Gasteiger partial charge in [-0.15, -0.1) is 0 Å². The maximum atomic E-state index is 12.6. The van der Waals surface area contributed by atoms with Crippen molar-refractivity contribution in [2.45, 2.75) is 6.92 Å². The van der Waals surface area contributed by atoms with Crippen molar-refractivity contribution in [2.75, 3.05) is 0 Å². The maximum absolute atomic E-state index is 12.6. The Morgan fingerprint density at radius 1 is 0.905 bits per heavy atom. The van der Waals surface area contributed by atoms with E-state index in [9.17, 15) is 9.59 Å². The number of carbonyl (C=O) groups excluding carboxylic acids is 2. The highest BCUT2D eigenvalue weighted by atomic mass is 35.5. The second-order valence-corrected chi connectivity index (χ2v) is 5.44. The summed E-state index contributed by atoms with van der Waals surface area (Å²) in [6.07, 6.45) is 0. The summed E-state index contributed by atoms with van der Waals surface area (Å²) in [6.45, 7) is 1.87. The van der Waals surface area contributed by atoms with E-state index in [1.807, 2.05) is 13.0 Å². The Labute approximate surface area is 127 Å². The Morgan fingerprint density at radius 2 is 1.57 bits per heavy atom. The van der Waals surface area contributed by atoms with Crippen LogP contribution in [0.2, 0.25) is 5.02 Å². The van der Waals surface area contributed by atoms with Crippen LogP contribution in [0.4, 0.5) is 0 Å². The molecule has 0 aliphatic heterocycles. The molecule has 104 valence electrons. The number of hydrogen-bond donors (Lipinski definition) is 1. The molecule has 0 fully saturated rings. The molecule has 0 amide bonds. The monoisotopic (exact) mass is 297 g/mol. The average Bonchev–Trinajstić information content (AvgIpc) is 2.47. The van der Waals surface area contributed by atoms with Crippen molar-refractivity contribution in [1.29, 1.82) is 0 Å². The van der Waals surface area contributed by atoms with E-state index in [2.05, 4.69) is 0 Å². The third-order valence-electron chi connectivity index (χ3n) is 3.54. The number of aryl methyl sites for hydroxylation is 1. The lowest BCUT2D eigenvalue weighted by molar-refractivity contribution is 0.0990. The molecule has 0 spiro atoms. The van der Waals surface area contributed by atoms with Gasteiger partial charge in [0, 0.05) is 16.1 Å². The number of rotatable bonds is 1. The molecule has 4 heteroatoms. The molecule has 1 aliphatic carbocycles. The highest BCUT2D eigenvalue weighted by Gasteiger charge is 2.31. The summed E-state index contributed by atoms with van der Waals surface area (Å²) in [5.41, 5.74) is 8.43. The molecule has 3 nitrogen and oxygen atoms in total. The van der Waals surface area contributed by atoms with Crippen LogP contribution in [0, 0.1) is 6.92 Å². The summed E-state index contributed by atoms with van der Waals surface area (Å²) >= 11 is 5.85. The van der Waals surface area contributed by atoms with E-state index in [4.69, 9.17) is 17.3 Å². The van der Waals surface area contributed by atoms with Gasteiger partial charge in [-0.1, -0.05) is 41.4 Å². The summed E-state index contributed by atoms with van der Waals surface area (Å²) in [5.74, 6) is -0.539. The summed E-state index contributed by atoms with van der Waals surface area (Å²) in [7, 11) is 0. The minimum Gasteiger partial charge on any atom is -0.395 e. The van der Waals surface area contributed by atoms with E-state index < -0.39 is 0 Å². The van der Waals surface area contributed by atoms with Gasteiger partial charge in [0.1, 0.15) is 0 Å². The van der Waals surface area contributed by atoms with Gasteiger partial charge in [0.2, 0.25) is 5.78 Å². The van der Waals surface area contributed by atoms with Crippen molar-refractivity contribution in [3.05, 3.63) is 75.4 Å². The maximum Gasteiger partial charge on any atom is 0.210 e. The lowest BCUT2D eigenvalue weighted by Gasteiger charge is -2.19. The quantitative estimate of drug-likeness (QED) is 0.877. The number of fused-ring (bicyclic) bond motifs is 1. The predicted octanol–water partition coefficient (Wildman–Crippen LogP) is 3.40. The van der Waals surface area contributed by atoms with Gasteiger partial charge in [0.05, 0.1) is 11.3 Å². The van der Waals surface area contributed by atoms with Crippen LogP contribution in [-0.2, 0) is 0 Å². The first-order valence-electron chi connectivity index (χ1n) is 6.45. The number of Topliss-reactive ketones (excluding diaryl/α,β-unsaturated/α-hetero) is 2. The van der Waals surface area contributed by atoms with Gasteiger partial charge in [0.15, 0.2) is 5.78 Å². The van der Waals surface area contributed by atoms with Gasteiger partial charge in [-0.25, -0.2) is 0 Å². The molecule has 0 aromatic heterocycles. The van der Waals surface area contributed by atoms with Gasteiger partial charge in [-0.3, -0.25) is 9.59 Å². The highest BCUT2D eigenvalue weighted by molar-refractivity contribution is 6.40. The zero-order valence-corrected chi connectivity index (χ0v) is 12.1. The van der Waals surface area contributed by atoms with Crippen LogP contribution in [0.3, 0.4) is 0 Å². The number of nitrogens with two attached hydrogens (primary N) is 1. The molecular formula is C17H12ClNO2.